The number of aromatic amines is 1. The van der Waals surface area contributed by atoms with Crippen LogP contribution in [0.5, 0.6) is 0 Å². The van der Waals surface area contributed by atoms with Crippen LogP contribution in [0, 0.1) is 0 Å². The summed E-state index contributed by atoms with van der Waals surface area (Å²) in [6.45, 7) is 1.21. The van der Waals surface area contributed by atoms with Gasteiger partial charge in [0.2, 0.25) is 10.0 Å². The Bertz CT molecular complexity index is 1410. The number of H-pyrrole nitrogens is 1. The maximum Gasteiger partial charge on any atom is 0.271 e. The maximum absolute atomic E-state index is 13.2. The van der Waals surface area contributed by atoms with Crippen LogP contribution in [0.2, 0.25) is 0 Å². The van der Waals surface area contributed by atoms with E-state index >= 15 is 0 Å². The molecule has 4 aromatic rings. The summed E-state index contributed by atoms with van der Waals surface area (Å²) in [4.78, 5) is 18.2. The van der Waals surface area contributed by atoms with Crippen LogP contribution in [0.25, 0.3) is 21.7 Å². The van der Waals surface area contributed by atoms with Crippen LogP contribution >= 0.6 is 15.9 Å². The number of nitrogens with one attached hydrogen (secondary N) is 1. The van der Waals surface area contributed by atoms with E-state index in [1.165, 1.54) is 4.31 Å². The predicted octanol–water partition coefficient (Wildman–Crippen LogP) is 4.23. The summed E-state index contributed by atoms with van der Waals surface area (Å²) in [5, 5.41) is 2.84. The zero-order valence-corrected chi connectivity index (χ0v) is 19.0. The summed E-state index contributed by atoms with van der Waals surface area (Å²) in [6.07, 6.45) is 0. The first-order chi connectivity index (χ1) is 14.9. The van der Waals surface area contributed by atoms with Gasteiger partial charge in [0.25, 0.3) is 5.91 Å². The number of benzene rings is 3. The molecule has 2 heterocycles. The molecule has 31 heavy (non-hydrogen) atoms. The molecule has 5 rings (SSSR count). The number of sulfonamides is 1. The molecule has 158 valence electrons. The number of piperazine rings is 1. The van der Waals surface area contributed by atoms with E-state index in [2.05, 4.69) is 20.9 Å². The fourth-order valence-corrected chi connectivity index (χ4v) is 6.09. The molecule has 0 bridgehead atoms. The van der Waals surface area contributed by atoms with Gasteiger partial charge in [0.05, 0.1) is 9.37 Å². The van der Waals surface area contributed by atoms with E-state index in [-0.39, 0.29) is 23.9 Å². The fourth-order valence-electron chi connectivity index (χ4n) is 4.02. The van der Waals surface area contributed by atoms with E-state index in [0.29, 0.717) is 18.8 Å². The normalized spacial score (nSPS) is 15.6. The first kappa shape index (κ1) is 20.2. The largest absolute Gasteiger partial charge is 0.350 e. The molecule has 1 N–H and O–H groups in total. The van der Waals surface area contributed by atoms with Crippen LogP contribution in [-0.2, 0) is 10.0 Å². The molecule has 1 saturated heterocycles. The van der Waals surface area contributed by atoms with Crippen molar-refractivity contribution < 1.29 is 13.2 Å². The van der Waals surface area contributed by atoms with Crippen molar-refractivity contribution in [2.24, 2.45) is 0 Å². The molecule has 0 atom stereocenters. The first-order valence-corrected chi connectivity index (χ1v) is 12.2. The van der Waals surface area contributed by atoms with Crippen molar-refractivity contribution in [2.75, 3.05) is 26.2 Å². The number of hydrogen-bond acceptors (Lipinski definition) is 3. The SMILES string of the molecule is O=C(c1[nH]c2ccccc2c1Br)N1CCN(S(=O)(=O)c2ccc3ccccc3c2)CC1. The lowest BCUT2D eigenvalue weighted by Gasteiger charge is -2.34. The quantitative estimate of drug-likeness (QED) is 0.460. The lowest BCUT2D eigenvalue weighted by molar-refractivity contribution is 0.0692. The molecule has 1 amide bonds. The summed E-state index contributed by atoms with van der Waals surface area (Å²) in [5.74, 6) is -0.133. The van der Waals surface area contributed by atoms with Gasteiger partial charge in [0.1, 0.15) is 5.69 Å². The molecule has 0 spiro atoms. The summed E-state index contributed by atoms with van der Waals surface area (Å²) >= 11 is 3.53. The van der Waals surface area contributed by atoms with E-state index in [1.807, 2.05) is 54.6 Å². The van der Waals surface area contributed by atoms with E-state index < -0.39 is 10.0 Å². The highest BCUT2D eigenvalue weighted by molar-refractivity contribution is 9.10. The number of fused-ring (bicyclic) bond motifs is 2. The van der Waals surface area contributed by atoms with E-state index in [9.17, 15) is 13.2 Å². The Balaban J connectivity index is 1.34. The van der Waals surface area contributed by atoms with Crippen molar-refractivity contribution >= 4 is 53.5 Å². The molecule has 8 heteroatoms. The molecule has 1 fully saturated rings. The van der Waals surface area contributed by atoms with Crippen molar-refractivity contribution in [3.8, 4) is 0 Å². The molecule has 1 aliphatic heterocycles. The van der Waals surface area contributed by atoms with Crippen molar-refractivity contribution in [3.05, 3.63) is 76.9 Å². The lowest BCUT2D eigenvalue weighted by atomic mass is 10.1. The Labute approximate surface area is 188 Å². The van der Waals surface area contributed by atoms with Crippen LogP contribution in [-0.4, -0.2) is 54.7 Å². The number of rotatable bonds is 3. The van der Waals surface area contributed by atoms with Gasteiger partial charge in [-0.2, -0.15) is 4.31 Å². The summed E-state index contributed by atoms with van der Waals surface area (Å²) < 4.78 is 28.5. The third-order valence-corrected chi connectivity index (χ3v) is 8.46. The Morgan fingerprint density at radius 3 is 2.29 bits per heavy atom. The molecular formula is C23H20BrN3O3S. The van der Waals surface area contributed by atoms with Crippen LogP contribution in [0.4, 0.5) is 0 Å². The van der Waals surface area contributed by atoms with Crippen molar-refractivity contribution in [1.82, 2.24) is 14.2 Å². The Morgan fingerprint density at radius 2 is 1.55 bits per heavy atom. The van der Waals surface area contributed by atoms with Crippen molar-refractivity contribution in [3.63, 3.8) is 0 Å². The van der Waals surface area contributed by atoms with Gasteiger partial charge in [-0.05, 0) is 44.9 Å². The zero-order valence-electron chi connectivity index (χ0n) is 16.6. The number of carbonyl (C=O) groups is 1. The minimum atomic E-state index is -3.62. The summed E-state index contributed by atoms with van der Waals surface area (Å²) in [7, 11) is -3.62. The van der Waals surface area contributed by atoms with Gasteiger partial charge in [-0.15, -0.1) is 0 Å². The Kier molecular flexibility index (Phi) is 5.08. The van der Waals surface area contributed by atoms with Gasteiger partial charge in [-0.1, -0.05) is 48.5 Å². The molecule has 1 aliphatic rings. The van der Waals surface area contributed by atoms with Gasteiger partial charge in [-0.3, -0.25) is 4.79 Å². The maximum atomic E-state index is 13.2. The van der Waals surface area contributed by atoms with E-state index in [4.69, 9.17) is 0 Å². The second-order valence-corrected chi connectivity index (χ2v) is 10.3. The van der Waals surface area contributed by atoms with Gasteiger partial charge >= 0.3 is 0 Å². The topological polar surface area (TPSA) is 73.5 Å². The minimum Gasteiger partial charge on any atom is -0.350 e. The molecule has 0 unspecified atom stereocenters. The third kappa shape index (κ3) is 3.54. The molecule has 0 aliphatic carbocycles. The number of hydrogen-bond donors (Lipinski definition) is 1. The Hall–Kier alpha value is -2.68. The lowest BCUT2D eigenvalue weighted by Crippen LogP contribution is -2.50. The molecule has 3 aromatic carbocycles. The van der Waals surface area contributed by atoms with E-state index in [1.54, 1.807) is 17.0 Å². The molecular weight excluding hydrogens is 478 g/mol. The zero-order chi connectivity index (χ0) is 21.6. The summed E-state index contributed by atoms with van der Waals surface area (Å²) in [5.41, 5.74) is 1.38. The number of amides is 1. The highest BCUT2D eigenvalue weighted by Crippen LogP contribution is 2.29. The molecule has 0 radical (unpaired) electrons. The number of nitrogens with zero attached hydrogens (tertiary/aromatic N) is 2. The highest BCUT2D eigenvalue weighted by Gasteiger charge is 2.31. The second-order valence-electron chi connectivity index (χ2n) is 7.56. The van der Waals surface area contributed by atoms with Crippen molar-refractivity contribution in [1.29, 1.82) is 0 Å². The third-order valence-electron chi connectivity index (χ3n) is 5.74. The van der Waals surface area contributed by atoms with Gasteiger partial charge in [0, 0.05) is 37.1 Å². The monoisotopic (exact) mass is 497 g/mol. The fraction of sp³-hybridized carbons (Fsp3) is 0.174. The predicted molar refractivity (Wildman–Crippen MR) is 125 cm³/mol. The average Bonchev–Trinajstić information content (AvgIpc) is 3.15. The molecule has 0 saturated carbocycles. The van der Waals surface area contributed by atoms with Crippen LogP contribution in [0.3, 0.4) is 0 Å². The highest BCUT2D eigenvalue weighted by atomic mass is 79.9. The first-order valence-electron chi connectivity index (χ1n) is 9.99. The van der Waals surface area contributed by atoms with Gasteiger partial charge < -0.3 is 9.88 Å². The number of halogens is 1. The van der Waals surface area contributed by atoms with E-state index in [0.717, 1.165) is 26.1 Å². The Morgan fingerprint density at radius 1 is 0.871 bits per heavy atom. The average molecular weight is 498 g/mol. The van der Waals surface area contributed by atoms with Crippen LogP contribution in [0.1, 0.15) is 10.5 Å². The second kappa shape index (κ2) is 7.78. The standard InChI is InChI=1S/C23H20BrN3O3S/c24-21-19-7-3-4-8-20(19)25-22(21)23(28)26-11-13-27(14-12-26)31(29,30)18-10-9-16-5-1-2-6-17(16)15-18/h1-10,15,25H,11-14H2. The van der Waals surface area contributed by atoms with Gasteiger partial charge in [-0.25, -0.2) is 8.42 Å². The molecule has 6 nitrogen and oxygen atoms in total. The minimum absolute atomic E-state index is 0.133. The van der Waals surface area contributed by atoms with Crippen LogP contribution < -0.4 is 0 Å². The number of carbonyl (C=O) groups excluding carboxylic acids is 1. The number of para-hydroxylation sites is 1. The van der Waals surface area contributed by atoms with Gasteiger partial charge in [0.15, 0.2) is 0 Å². The molecule has 1 aromatic heterocycles. The number of aromatic nitrogens is 1. The smallest absolute Gasteiger partial charge is 0.271 e. The van der Waals surface area contributed by atoms with Crippen LogP contribution in [0.15, 0.2) is 76.1 Å². The van der Waals surface area contributed by atoms with Crippen molar-refractivity contribution in [2.45, 2.75) is 4.90 Å². The summed E-state index contributed by atoms with van der Waals surface area (Å²) in [6, 6.07) is 20.6.